The predicted molar refractivity (Wildman–Crippen MR) is 227 cm³/mol. The Hall–Kier alpha value is -7.86. The van der Waals surface area contributed by atoms with Crippen LogP contribution in [0.3, 0.4) is 0 Å². The molecule has 254 valence electrons. The Kier molecular flexibility index (Phi) is 6.61. The standard InChI is InChI=1S/C50H29N5/c1-51-39-22-13-27-44-48(39)37-19-5-9-25-42(37)53(44)33-16-11-15-32(31-33)34-21-12-30-47(50(34)52-2)55-43-26-10-6-20-38(43)49-45(28-14-29-46(49)55)54-40-23-7-3-17-35(40)36-18-4-8-24-41(36)54/h3-31H. The molecule has 11 rings (SSSR count). The first-order valence-electron chi connectivity index (χ1n) is 18.3. The van der Waals surface area contributed by atoms with E-state index in [0.29, 0.717) is 11.4 Å². The predicted octanol–water partition coefficient (Wildman–Crippen LogP) is 13.7. The quantitative estimate of drug-likeness (QED) is 0.163. The van der Waals surface area contributed by atoms with Gasteiger partial charge in [0.15, 0.2) is 5.69 Å². The Bertz CT molecular complexity index is 3420. The first-order valence-corrected chi connectivity index (χ1v) is 18.3. The fourth-order valence-corrected chi connectivity index (χ4v) is 8.87. The Labute approximate surface area is 316 Å². The van der Waals surface area contributed by atoms with E-state index in [1.807, 2.05) is 24.3 Å². The van der Waals surface area contributed by atoms with Gasteiger partial charge in [-0.1, -0.05) is 115 Å². The minimum Gasteiger partial charge on any atom is -0.319 e. The molecule has 0 saturated heterocycles. The van der Waals surface area contributed by atoms with Crippen molar-refractivity contribution in [3.8, 4) is 28.2 Å². The molecule has 3 heterocycles. The van der Waals surface area contributed by atoms with Crippen LogP contribution in [0, 0.1) is 13.1 Å². The molecule has 55 heavy (non-hydrogen) atoms. The third kappa shape index (κ3) is 4.33. The number of hydrogen-bond donors (Lipinski definition) is 0. The van der Waals surface area contributed by atoms with Gasteiger partial charge in [0.2, 0.25) is 5.69 Å². The molecule has 5 heteroatoms. The van der Waals surface area contributed by atoms with Crippen LogP contribution in [0.1, 0.15) is 0 Å². The second-order valence-electron chi connectivity index (χ2n) is 13.9. The Morgan fingerprint density at radius 2 is 0.855 bits per heavy atom. The van der Waals surface area contributed by atoms with E-state index in [2.05, 4.69) is 175 Å². The molecule has 0 bridgehead atoms. The number of rotatable bonds is 4. The van der Waals surface area contributed by atoms with E-state index in [1.165, 1.54) is 10.8 Å². The van der Waals surface area contributed by atoms with Crippen LogP contribution in [0.4, 0.5) is 11.4 Å². The molecule has 0 N–H and O–H groups in total. The van der Waals surface area contributed by atoms with Crippen molar-refractivity contribution in [3.63, 3.8) is 0 Å². The lowest BCUT2D eigenvalue weighted by atomic mass is 10.0. The molecule has 11 aromatic rings. The summed E-state index contributed by atoms with van der Waals surface area (Å²) in [5.74, 6) is 0. The highest BCUT2D eigenvalue weighted by atomic mass is 15.0. The second-order valence-corrected chi connectivity index (χ2v) is 13.9. The van der Waals surface area contributed by atoms with Crippen LogP contribution in [-0.2, 0) is 0 Å². The minimum absolute atomic E-state index is 0.585. The van der Waals surface area contributed by atoms with Gasteiger partial charge in [-0.2, -0.15) is 0 Å². The molecule has 0 aliphatic carbocycles. The number of nitrogens with zero attached hydrogens (tertiary/aromatic N) is 5. The summed E-state index contributed by atoms with van der Waals surface area (Å²) in [6, 6.07) is 61.0. The van der Waals surface area contributed by atoms with Crippen LogP contribution in [0.5, 0.6) is 0 Å². The molecule has 0 aliphatic rings. The van der Waals surface area contributed by atoms with E-state index in [1.54, 1.807) is 0 Å². The largest absolute Gasteiger partial charge is 0.319 e. The van der Waals surface area contributed by atoms with Gasteiger partial charge in [0.25, 0.3) is 0 Å². The number of para-hydroxylation sites is 5. The van der Waals surface area contributed by atoms with Crippen molar-refractivity contribution in [1.29, 1.82) is 0 Å². The number of aromatic nitrogens is 3. The summed E-state index contributed by atoms with van der Waals surface area (Å²) < 4.78 is 6.88. The molecule has 0 spiro atoms. The van der Waals surface area contributed by atoms with Gasteiger partial charge in [-0.15, -0.1) is 0 Å². The van der Waals surface area contributed by atoms with E-state index >= 15 is 0 Å². The summed E-state index contributed by atoms with van der Waals surface area (Å²) >= 11 is 0. The van der Waals surface area contributed by atoms with E-state index < -0.39 is 0 Å². The van der Waals surface area contributed by atoms with Gasteiger partial charge in [-0.25, -0.2) is 9.69 Å². The maximum Gasteiger partial charge on any atom is 0.218 e. The summed E-state index contributed by atoms with van der Waals surface area (Å²) in [5.41, 5.74) is 12.4. The number of fused-ring (bicyclic) bond motifs is 9. The van der Waals surface area contributed by atoms with Crippen molar-refractivity contribution in [1.82, 2.24) is 13.7 Å². The fraction of sp³-hybridized carbons (Fsp3) is 0. The van der Waals surface area contributed by atoms with Crippen molar-refractivity contribution in [2.24, 2.45) is 0 Å². The average Bonchev–Trinajstić information content (AvgIpc) is 3.89. The van der Waals surface area contributed by atoms with Crippen LogP contribution in [0.15, 0.2) is 176 Å². The van der Waals surface area contributed by atoms with Crippen molar-refractivity contribution >= 4 is 76.8 Å². The minimum atomic E-state index is 0.585. The molecule has 0 unspecified atom stereocenters. The summed E-state index contributed by atoms with van der Waals surface area (Å²) in [5, 5.41) is 6.70. The molecule has 0 saturated carbocycles. The number of hydrogen-bond acceptors (Lipinski definition) is 0. The van der Waals surface area contributed by atoms with Gasteiger partial charge < -0.3 is 13.7 Å². The monoisotopic (exact) mass is 699 g/mol. The Balaban J connectivity index is 1.15. The van der Waals surface area contributed by atoms with Crippen molar-refractivity contribution in [3.05, 3.63) is 199 Å². The summed E-state index contributed by atoms with van der Waals surface area (Å²) in [6.07, 6.45) is 0. The highest BCUT2D eigenvalue weighted by molar-refractivity contribution is 6.17. The zero-order valence-corrected chi connectivity index (χ0v) is 29.5. The Morgan fingerprint density at radius 1 is 0.364 bits per heavy atom. The summed E-state index contributed by atoms with van der Waals surface area (Å²) in [7, 11) is 0. The average molecular weight is 700 g/mol. The third-order valence-electron chi connectivity index (χ3n) is 11.1. The molecule has 3 aromatic heterocycles. The van der Waals surface area contributed by atoms with E-state index in [-0.39, 0.29) is 0 Å². The summed E-state index contributed by atoms with van der Waals surface area (Å²) in [6.45, 7) is 16.5. The van der Waals surface area contributed by atoms with E-state index in [9.17, 15) is 0 Å². The van der Waals surface area contributed by atoms with E-state index in [4.69, 9.17) is 13.1 Å². The topological polar surface area (TPSA) is 23.5 Å². The lowest BCUT2D eigenvalue weighted by molar-refractivity contribution is 1.17. The van der Waals surface area contributed by atoms with Crippen LogP contribution in [0.2, 0.25) is 0 Å². The SMILES string of the molecule is [C-]#[N+]c1c(-c2cccc(-n3c4ccccc4c4c([N+]#[C-])cccc43)c2)cccc1-n1c2ccccc2c2c(-n3c4ccccc4c4ccccc43)cccc21. The van der Waals surface area contributed by atoms with Crippen LogP contribution in [0.25, 0.3) is 103 Å². The molecule has 5 nitrogen and oxygen atoms in total. The molecule has 0 radical (unpaired) electrons. The Morgan fingerprint density at radius 3 is 1.53 bits per heavy atom. The van der Waals surface area contributed by atoms with Gasteiger partial charge >= 0.3 is 0 Å². The highest BCUT2D eigenvalue weighted by Crippen LogP contribution is 2.44. The van der Waals surface area contributed by atoms with Crippen molar-refractivity contribution in [2.75, 3.05) is 0 Å². The zero-order valence-electron chi connectivity index (χ0n) is 29.5. The molecule has 0 amide bonds. The van der Waals surface area contributed by atoms with Gasteiger partial charge in [-0.3, -0.25) is 0 Å². The van der Waals surface area contributed by atoms with Crippen molar-refractivity contribution < 1.29 is 0 Å². The lowest BCUT2D eigenvalue weighted by Gasteiger charge is -2.15. The van der Waals surface area contributed by atoms with Gasteiger partial charge in [0.05, 0.1) is 52.1 Å². The molecule has 0 atom stereocenters. The maximum absolute atomic E-state index is 8.66. The first kappa shape index (κ1) is 30.7. The number of benzene rings is 8. The van der Waals surface area contributed by atoms with Crippen molar-refractivity contribution in [2.45, 2.75) is 0 Å². The van der Waals surface area contributed by atoms with Crippen LogP contribution in [-0.4, -0.2) is 13.7 Å². The molecular weight excluding hydrogens is 671 g/mol. The highest BCUT2D eigenvalue weighted by Gasteiger charge is 2.22. The van der Waals surface area contributed by atoms with Crippen LogP contribution >= 0.6 is 0 Å². The van der Waals surface area contributed by atoms with Gasteiger partial charge in [-0.05, 0) is 77.2 Å². The molecule has 0 aliphatic heterocycles. The fourth-order valence-electron chi connectivity index (χ4n) is 8.87. The van der Waals surface area contributed by atoms with Crippen LogP contribution < -0.4 is 0 Å². The molecule has 0 fully saturated rings. The second kappa shape index (κ2) is 11.8. The molecular formula is C50H29N5. The molecule has 8 aromatic carbocycles. The van der Waals surface area contributed by atoms with Gasteiger partial charge in [0.1, 0.15) is 0 Å². The van der Waals surface area contributed by atoms with E-state index in [0.717, 1.165) is 82.8 Å². The summed E-state index contributed by atoms with van der Waals surface area (Å²) in [4.78, 5) is 8.14. The normalized spacial score (nSPS) is 11.6. The maximum atomic E-state index is 8.66. The van der Waals surface area contributed by atoms with Gasteiger partial charge in [0, 0.05) is 38.1 Å². The zero-order chi connectivity index (χ0) is 36.6. The third-order valence-corrected chi connectivity index (χ3v) is 11.1. The smallest absolute Gasteiger partial charge is 0.218 e. The lowest BCUT2D eigenvalue weighted by Crippen LogP contribution is -1.98. The first-order chi connectivity index (χ1) is 27.2.